The van der Waals surface area contributed by atoms with E-state index in [0.717, 1.165) is 0 Å². The van der Waals surface area contributed by atoms with E-state index in [1.54, 1.807) is 7.05 Å². The molecule has 0 saturated heterocycles. The molecular formula is C3H11IN4. The maximum absolute atomic E-state index is 5.33. The van der Waals surface area contributed by atoms with E-state index >= 15 is 0 Å². The lowest BCUT2D eigenvalue weighted by Gasteiger charge is -2.11. The third-order valence-electron chi connectivity index (χ3n) is 0.536. The Morgan fingerprint density at radius 3 is 2.50 bits per heavy atom. The fourth-order valence-electron chi connectivity index (χ4n) is 0.231. The summed E-state index contributed by atoms with van der Waals surface area (Å²) in [5.74, 6) is 5.25. The zero-order chi connectivity index (χ0) is 6.57. The van der Waals surface area contributed by atoms with Gasteiger partial charge in [0.2, 0.25) is 0 Å². The van der Waals surface area contributed by atoms with Crippen molar-refractivity contribution in [1.29, 1.82) is 0 Å². The predicted octanol–water partition coefficient (Wildman–Crippen LogP) is -0.984. The SMILES string of the molecule is CN(N)CNC(N)I. The molecule has 50 valence electrons. The lowest BCUT2D eigenvalue weighted by molar-refractivity contribution is 0.318. The zero-order valence-corrected chi connectivity index (χ0v) is 6.92. The van der Waals surface area contributed by atoms with Crippen LogP contribution in [-0.4, -0.2) is 22.9 Å². The highest BCUT2D eigenvalue weighted by molar-refractivity contribution is 14.1. The lowest BCUT2D eigenvalue weighted by Crippen LogP contribution is -2.42. The second-order valence-electron chi connectivity index (χ2n) is 1.52. The first-order valence-corrected chi connectivity index (χ1v) is 3.46. The second-order valence-corrected chi connectivity index (χ2v) is 2.86. The number of nitrogens with one attached hydrogen (secondary N) is 1. The molecule has 8 heavy (non-hydrogen) atoms. The molecule has 0 bridgehead atoms. The van der Waals surface area contributed by atoms with E-state index < -0.39 is 0 Å². The van der Waals surface area contributed by atoms with Crippen LogP contribution in [0, 0.1) is 0 Å². The first-order valence-electron chi connectivity index (χ1n) is 2.22. The third-order valence-corrected chi connectivity index (χ3v) is 0.976. The first-order chi connectivity index (χ1) is 3.63. The van der Waals surface area contributed by atoms with Gasteiger partial charge < -0.3 is 5.73 Å². The van der Waals surface area contributed by atoms with E-state index in [1.807, 2.05) is 0 Å². The zero-order valence-electron chi connectivity index (χ0n) is 4.76. The average molecular weight is 230 g/mol. The Morgan fingerprint density at radius 1 is 1.88 bits per heavy atom. The molecule has 0 aliphatic heterocycles. The fourth-order valence-corrected chi connectivity index (χ4v) is 0.428. The lowest BCUT2D eigenvalue weighted by atomic mass is 10.9. The summed E-state index contributed by atoms with van der Waals surface area (Å²) in [5.41, 5.74) is 5.33. The molecule has 0 amide bonds. The van der Waals surface area contributed by atoms with Gasteiger partial charge in [0, 0.05) is 7.05 Å². The number of halogens is 1. The Morgan fingerprint density at radius 2 is 2.38 bits per heavy atom. The molecule has 5 heteroatoms. The highest BCUT2D eigenvalue weighted by Crippen LogP contribution is 1.81. The molecule has 0 aromatic rings. The van der Waals surface area contributed by atoms with Gasteiger partial charge in [-0.15, -0.1) is 0 Å². The Labute approximate surface area is 62.7 Å². The van der Waals surface area contributed by atoms with Crippen molar-refractivity contribution < 1.29 is 0 Å². The van der Waals surface area contributed by atoms with Gasteiger partial charge in [-0.25, -0.2) is 5.01 Å². The molecule has 0 radical (unpaired) electrons. The maximum Gasteiger partial charge on any atom is 0.109 e. The van der Waals surface area contributed by atoms with Gasteiger partial charge in [0.25, 0.3) is 0 Å². The Balaban J connectivity index is 2.93. The number of hydrogen-bond acceptors (Lipinski definition) is 4. The van der Waals surface area contributed by atoms with Gasteiger partial charge in [-0.3, -0.25) is 11.2 Å². The summed E-state index contributed by atoms with van der Waals surface area (Å²) in [6, 6.07) is 0. The van der Waals surface area contributed by atoms with Crippen LogP contribution in [-0.2, 0) is 0 Å². The molecule has 0 heterocycles. The van der Waals surface area contributed by atoms with Crippen molar-refractivity contribution >= 4 is 22.6 Å². The van der Waals surface area contributed by atoms with Gasteiger partial charge in [-0.1, -0.05) is 0 Å². The molecule has 5 N–H and O–H groups in total. The predicted molar refractivity (Wildman–Crippen MR) is 41.9 cm³/mol. The second kappa shape index (κ2) is 4.45. The minimum atomic E-state index is -0.0152. The normalized spacial score (nSPS) is 14.6. The third kappa shape index (κ3) is 6.57. The molecule has 0 rings (SSSR count). The maximum atomic E-state index is 5.33. The molecule has 1 atom stereocenters. The molecule has 4 nitrogen and oxygen atoms in total. The number of alkyl halides is 1. The molecule has 0 aliphatic rings. The Bertz CT molecular complexity index is 47.2. The van der Waals surface area contributed by atoms with Crippen LogP contribution in [0.2, 0.25) is 0 Å². The van der Waals surface area contributed by atoms with E-state index in [-0.39, 0.29) is 4.17 Å². The minimum Gasteiger partial charge on any atom is -0.308 e. The standard InChI is InChI=1S/C3H11IN4/c1-8(6)2-7-3(4)5/h3,7H,2,5-6H2,1H3. The van der Waals surface area contributed by atoms with Gasteiger partial charge >= 0.3 is 0 Å². The van der Waals surface area contributed by atoms with Crippen molar-refractivity contribution in [3.8, 4) is 0 Å². The van der Waals surface area contributed by atoms with Crippen LogP contribution in [0.1, 0.15) is 0 Å². The first kappa shape index (κ1) is 8.57. The van der Waals surface area contributed by atoms with Crippen LogP contribution in [0.3, 0.4) is 0 Å². The summed E-state index contributed by atoms with van der Waals surface area (Å²) >= 11 is 2.06. The van der Waals surface area contributed by atoms with Crippen molar-refractivity contribution in [3.63, 3.8) is 0 Å². The largest absolute Gasteiger partial charge is 0.308 e. The number of hydrogen-bond donors (Lipinski definition) is 3. The number of nitrogens with zero attached hydrogens (tertiary/aromatic N) is 1. The van der Waals surface area contributed by atoms with Crippen LogP contribution < -0.4 is 16.9 Å². The smallest absolute Gasteiger partial charge is 0.109 e. The van der Waals surface area contributed by atoms with E-state index in [9.17, 15) is 0 Å². The summed E-state index contributed by atoms with van der Waals surface area (Å²) in [5, 5.41) is 4.44. The van der Waals surface area contributed by atoms with Crippen LogP contribution >= 0.6 is 22.6 Å². The van der Waals surface area contributed by atoms with Crippen molar-refractivity contribution in [2.24, 2.45) is 11.6 Å². The van der Waals surface area contributed by atoms with Gasteiger partial charge in [-0.2, -0.15) is 0 Å². The van der Waals surface area contributed by atoms with Gasteiger partial charge in [-0.05, 0) is 22.6 Å². The van der Waals surface area contributed by atoms with Crippen molar-refractivity contribution in [2.45, 2.75) is 4.17 Å². The highest BCUT2D eigenvalue weighted by Gasteiger charge is 1.92. The van der Waals surface area contributed by atoms with E-state index in [1.165, 1.54) is 5.01 Å². The van der Waals surface area contributed by atoms with Crippen LogP contribution in [0.4, 0.5) is 0 Å². The monoisotopic (exact) mass is 230 g/mol. The Kier molecular flexibility index (Phi) is 4.77. The van der Waals surface area contributed by atoms with E-state index in [0.29, 0.717) is 6.67 Å². The van der Waals surface area contributed by atoms with Gasteiger partial charge in [0.1, 0.15) is 4.17 Å². The summed E-state index contributed by atoms with van der Waals surface area (Å²) < 4.78 is -0.0152. The summed E-state index contributed by atoms with van der Waals surface area (Å²) in [6.45, 7) is 0.615. The molecule has 1 unspecified atom stereocenters. The molecule has 0 saturated carbocycles. The Hall–Kier alpha value is 0.570. The summed E-state index contributed by atoms with van der Waals surface area (Å²) in [6.07, 6.45) is 0. The number of hydrazine groups is 1. The summed E-state index contributed by atoms with van der Waals surface area (Å²) in [7, 11) is 1.77. The van der Waals surface area contributed by atoms with Crippen molar-refractivity contribution in [1.82, 2.24) is 10.3 Å². The van der Waals surface area contributed by atoms with Gasteiger partial charge in [0.05, 0.1) is 6.67 Å². The number of rotatable bonds is 3. The van der Waals surface area contributed by atoms with Crippen LogP contribution in [0.25, 0.3) is 0 Å². The average Bonchev–Trinajstić information content (AvgIpc) is 1.61. The quantitative estimate of drug-likeness (QED) is 0.145. The molecule has 0 aromatic carbocycles. The molecule has 0 spiro atoms. The number of nitrogens with two attached hydrogens (primary N) is 2. The molecule has 0 aromatic heterocycles. The van der Waals surface area contributed by atoms with Crippen molar-refractivity contribution in [3.05, 3.63) is 0 Å². The van der Waals surface area contributed by atoms with Gasteiger partial charge in [0.15, 0.2) is 0 Å². The molecule has 0 aliphatic carbocycles. The highest BCUT2D eigenvalue weighted by atomic mass is 127. The fraction of sp³-hybridized carbons (Fsp3) is 1.00. The topological polar surface area (TPSA) is 67.3 Å². The van der Waals surface area contributed by atoms with Crippen LogP contribution in [0.15, 0.2) is 0 Å². The summed E-state index contributed by atoms with van der Waals surface area (Å²) in [4.78, 5) is 0. The molecular weight excluding hydrogens is 219 g/mol. The minimum absolute atomic E-state index is 0.0152. The van der Waals surface area contributed by atoms with E-state index in [2.05, 4.69) is 27.9 Å². The van der Waals surface area contributed by atoms with Crippen LogP contribution in [0.5, 0.6) is 0 Å². The molecule has 0 fully saturated rings. The van der Waals surface area contributed by atoms with E-state index in [4.69, 9.17) is 11.6 Å². The van der Waals surface area contributed by atoms with Crippen molar-refractivity contribution in [2.75, 3.05) is 13.7 Å².